The van der Waals surface area contributed by atoms with Gasteiger partial charge >= 0.3 is 0 Å². The van der Waals surface area contributed by atoms with Gasteiger partial charge in [-0.3, -0.25) is 0 Å². The van der Waals surface area contributed by atoms with Crippen LogP contribution >= 0.6 is 11.6 Å². The molecule has 2 rings (SSSR count). The normalized spacial score (nSPS) is 14.4. The fourth-order valence-corrected chi connectivity index (χ4v) is 2.41. The minimum atomic E-state index is 0.174. The second-order valence-corrected chi connectivity index (χ2v) is 5.65. The highest BCUT2D eigenvalue weighted by Crippen LogP contribution is 2.21. The number of benzene rings is 1. The Hall–Kier alpha value is -1.28. The first-order valence-electron chi connectivity index (χ1n) is 6.33. The fraction of sp³-hybridized carbons (Fsp3) is 0.400. The molecule has 1 aromatic heterocycles. The lowest BCUT2D eigenvalue weighted by atomic mass is 10.1. The molecule has 1 aromatic carbocycles. The van der Waals surface area contributed by atoms with Crippen LogP contribution in [0.5, 0.6) is 0 Å². The van der Waals surface area contributed by atoms with Crippen LogP contribution < -0.4 is 5.32 Å². The van der Waals surface area contributed by atoms with Gasteiger partial charge in [-0.05, 0) is 44.9 Å². The summed E-state index contributed by atoms with van der Waals surface area (Å²) in [4.78, 5) is 4.67. The number of anilines is 1. The van der Waals surface area contributed by atoms with Crippen LogP contribution in [0.25, 0.3) is 10.9 Å². The predicted molar refractivity (Wildman–Crippen MR) is 79.5 cm³/mol. The predicted octanol–water partition coefficient (Wildman–Crippen LogP) is 4.36. The molecule has 0 spiro atoms. The molecular formula is C15H19ClN2. The van der Waals surface area contributed by atoms with Gasteiger partial charge < -0.3 is 5.32 Å². The van der Waals surface area contributed by atoms with Gasteiger partial charge in [0.25, 0.3) is 0 Å². The van der Waals surface area contributed by atoms with Crippen molar-refractivity contribution in [1.29, 1.82) is 0 Å². The molecule has 0 saturated heterocycles. The molecule has 3 heteroatoms. The second kappa shape index (κ2) is 5.57. The van der Waals surface area contributed by atoms with Gasteiger partial charge in [0.05, 0.1) is 5.52 Å². The molecule has 18 heavy (non-hydrogen) atoms. The number of rotatable bonds is 4. The number of nitrogens with one attached hydrogen (secondary N) is 1. The van der Waals surface area contributed by atoms with E-state index in [-0.39, 0.29) is 5.38 Å². The smallest absolute Gasteiger partial charge is 0.129 e. The highest BCUT2D eigenvalue weighted by atomic mass is 35.5. The molecular weight excluding hydrogens is 244 g/mol. The molecule has 2 unspecified atom stereocenters. The molecule has 0 bridgehead atoms. The molecule has 0 aliphatic rings. The average molecular weight is 263 g/mol. The quantitative estimate of drug-likeness (QED) is 0.828. The summed E-state index contributed by atoms with van der Waals surface area (Å²) in [5.74, 6) is 0.957. The van der Waals surface area contributed by atoms with Crippen molar-refractivity contribution in [3.05, 3.63) is 35.9 Å². The third kappa shape index (κ3) is 3.14. The topological polar surface area (TPSA) is 24.9 Å². The highest BCUT2D eigenvalue weighted by Gasteiger charge is 2.09. The van der Waals surface area contributed by atoms with Crippen LogP contribution in [-0.4, -0.2) is 16.4 Å². The van der Waals surface area contributed by atoms with E-state index >= 15 is 0 Å². The summed E-state index contributed by atoms with van der Waals surface area (Å²) in [5, 5.41) is 4.79. The van der Waals surface area contributed by atoms with Gasteiger partial charge in [-0.1, -0.05) is 18.2 Å². The zero-order valence-corrected chi connectivity index (χ0v) is 11.8. The van der Waals surface area contributed by atoms with E-state index in [0.717, 1.165) is 17.8 Å². The SMILES string of the molecule is Cc1cc2ccccc2nc1NC(C)CC(C)Cl. The summed E-state index contributed by atoms with van der Waals surface area (Å²) >= 11 is 6.01. The molecule has 0 saturated carbocycles. The molecule has 2 aromatic rings. The third-order valence-electron chi connectivity index (χ3n) is 2.98. The molecule has 0 aliphatic carbocycles. The Morgan fingerprint density at radius 2 is 2.00 bits per heavy atom. The Bertz CT molecular complexity index is 537. The first kappa shape index (κ1) is 13.2. The van der Waals surface area contributed by atoms with Crippen molar-refractivity contribution in [1.82, 2.24) is 4.98 Å². The van der Waals surface area contributed by atoms with E-state index in [1.807, 2.05) is 25.1 Å². The number of nitrogens with zero attached hydrogens (tertiary/aromatic N) is 1. The van der Waals surface area contributed by atoms with Crippen LogP contribution in [0.1, 0.15) is 25.8 Å². The lowest BCUT2D eigenvalue weighted by Gasteiger charge is -2.17. The van der Waals surface area contributed by atoms with Gasteiger partial charge in [-0.15, -0.1) is 11.6 Å². The van der Waals surface area contributed by atoms with Crippen molar-refractivity contribution in [2.75, 3.05) is 5.32 Å². The van der Waals surface area contributed by atoms with E-state index in [1.165, 1.54) is 10.9 Å². The number of pyridine rings is 1. The fourth-order valence-electron chi connectivity index (χ4n) is 2.15. The zero-order chi connectivity index (χ0) is 13.1. The third-order valence-corrected chi connectivity index (χ3v) is 3.15. The number of halogens is 1. The molecule has 0 radical (unpaired) electrons. The van der Waals surface area contributed by atoms with E-state index in [2.05, 4.69) is 36.3 Å². The lowest BCUT2D eigenvalue weighted by molar-refractivity contribution is 0.693. The summed E-state index contributed by atoms with van der Waals surface area (Å²) in [7, 11) is 0. The standard InChI is InChI=1S/C15H19ClN2/c1-10-8-13-6-4-5-7-14(13)18-15(10)17-12(3)9-11(2)16/h4-8,11-12H,9H2,1-3H3,(H,17,18). The molecule has 1 heterocycles. The van der Waals surface area contributed by atoms with E-state index in [4.69, 9.17) is 11.6 Å². The summed E-state index contributed by atoms with van der Waals surface area (Å²) in [6.07, 6.45) is 0.926. The highest BCUT2D eigenvalue weighted by molar-refractivity contribution is 6.20. The van der Waals surface area contributed by atoms with Gasteiger partial charge in [0, 0.05) is 16.8 Å². The summed E-state index contributed by atoms with van der Waals surface area (Å²) in [5.41, 5.74) is 2.19. The molecule has 0 aliphatic heterocycles. The Morgan fingerprint density at radius 3 is 2.72 bits per heavy atom. The van der Waals surface area contributed by atoms with Crippen LogP contribution in [0, 0.1) is 6.92 Å². The number of aromatic nitrogens is 1. The molecule has 2 nitrogen and oxygen atoms in total. The minimum Gasteiger partial charge on any atom is -0.367 e. The molecule has 0 amide bonds. The molecule has 96 valence electrons. The zero-order valence-electron chi connectivity index (χ0n) is 11.1. The van der Waals surface area contributed by atoms with Gasteiger partial charge in [-0.2, -0.15) is 0 Å². The first-order valence-corrected chi connectivity index (χ1v) is 6.77. The molecule has 2 atom stereocenters. The molecule has 0 fully saturated rings. The summed E-state index contributed by atoms with van der Waals surface area (Å²) in [6.45, 7) is 6.23. The Labute approximate surface area is 113 Å². The second-order valence-electron chi connectivity index (χ2n) is 4.91. The number of para-hydroxylation sites is 1. The van der Waals surface area contributed by atoms with E-state index in [1.54, 1.807) is 0 Å². The number of hydrogen-bond acceptors (Lipinski definition) is 2. The van der Waals surface area contributed by atoms with Crippen molar-refractivity contribution >= 4 is 28.3 Å². The van der Waals surface area contributed by atoms with E-state index in [9.17, 15) is 0 Å². The summed E-state index contributed by atoms with van der Waals surface area (Å²) < 4.78 is 0. The van der Waals surface area contributed by atoms with Gasteiger partial charge in [0.15, 0.2) is 0 Å². The van der Waals surface area contributed by atoms with Gasteiger partial charge in [-0.25, -0.2) is 4.98 Å². The number of hydrogen-bond donors (Lipinski definition) is 1. The first-order chi connectivity index (χ1) is 8.56. The maximum Gasteiger partial charge on any atom is 0.129 e. The van der Waals surface area contributed by atoms with Crippen LogP contribution in [-0.2, 0) is 0 Å². The van der Waals surface area contributed by atoms with Crippen molar-refractivity contribution in [3.8, 4) is 0 Å². The average Bonchev–Trinajstić information content (AvgIpc) is 2.29. The van der Waals surface area contributed by atoms with Crippen LogP contribution in [0.3, 0.4) is 0 Å². The van der Waals surface area contributed by atoms with Crippen molar-refractivity contribution < 1.29 is 0 Å². The van der Waals surface area contributed by atoms with Crippen LogP contribution in [0.15, 0.2) is 30.3 Å². The lowest BCUT2D eigenvalue weighted by Crippen LogP contribution is -2.19. The van der Waals surface area contributed by atoms with Crippen LogP contribution in [0.4, 0.5) is 5.82 Å². The summed E-state index contributed by atoms with van der Waals surface area (Å²) in [6, 6.07) is 10.7. The van der Waals surface area contributed by atoms with Crippen molar-refractivity contribution in [2.24, 2.45) is 0 Å². The maximum absolute atomic E-state index is 6.01. The number of fused-ring (bicyclic) bond motifs is 1. The van der Waals surface area contributed by atoms with Gasteiger partial charge in [0.1, 0.15) is 5.82 Å². The maximum atomic E-state index is 6.01. The largest absolute Gasteiger partial charge is 0.367 e. The van der Waals surface area contributed by atoms with Crippen molar-refractivity contribution in [2.45, 2.75) is 38.6 Å². The van der Waals surface area contributed by atoms with Crippen LogP contribution in [0.2, 0.25) is 0 Å². The van der Waals surface area contributed by atoms with E-state index in [0.29, 0.717) is 6.04 Å². The number of aryl methyl sites for hydroxylation is 1. The van der Waals surface area contributed by atoms with E-state index < -0.39 is 0 Å². The Morgan fingerprint density at radius 1 is 1.28 bits per heavy atom. The number of alkyl halides is 1. The van der Waals surface area contributed by atoms with Gasteiger partial charge in [0.2, 0.25) is 0 Å². The molecule has 1 N–H and O–H groups in total. The monoisotopic (exact) mass is 262 g/mol. The Balaban J connectivity index is 2.25. The minimum absolute atomic E-state index is 0.174. The Kier molecular flexibility index (Phi) is 4.07. The van der Waals surface area contributed by atoms with Crippen molar-refractivity contribution in [3.63, 3.8) is 0 Å².